The largest absolute Gasteiger partial charge is 0.338 e. The van der Waals surface area contributed by atoms with E-state index in [1.54, 1.807) is 17.0 Å². The Hall–Kier alpha value is -0.940. The predicted octanol–water partition coefficient (Wildman–Crippen LogP) is 2.41. The summed E-state index contributed by atoms with van der Waals surface area (Å²) in [7, 11) is 0. The third kappa shape index (κ3) is 2.30. The van der Waals surface area contributed by atoms with E-state index in [9.17, 15) is 9.18 Å². The zero-order chi connectivity index (χ0) is 13.5. The lowest BCUT2D eigenvalue weighted by molar-refractivity contribution is 0.0770. The Morgan fingerprint density at radius 3 is 2.95 bits per heavy atom. The average molecular weight is 327 g/mol. The molecular formula is C14H16BrFN2O. The van der Waals surface area contributed by atoms with Gasteiger partial charge in [0.05, 0.1) is 5.56 Å². The molecule has 0 radical (unpaired) electrons. The maximum atomic E-state index is 13.8. The van der Waals surface area contributed by atoms with Gasteiger partial charge in [-0.25, -0.2) is 4.39 Å². The summed E-state index contributed by atoms with van der Waals surface area (Å²) in [6, 6.07) is 4.64. The maximum absolute atomic E-state index is 13.8. The first-order valence-corrected chi connectivity index (χ1v) is 7.35. The fourth-order valence-corrected chi connectivity index (χ4v) is 3.62. The molecule has 2 heterocycles. The molecule has 2 saturated heterocycles. The molecule has 2 aliphatic rings. The van der Waals surface area contributed by atoms with E-state index >= 15 is 0 Å². The summed E-state index contributed by atoms with van der Waals surface area (Å²) in [5, 5.41) is 3.36. The lowest BCUT2D eigenvalue weighted by Crippen LogP contribution is -2.33. The molecule has 0 saturated carbocycles. The highest BCUT2D eigenvalue weighted by molar-refractivity contribution is 9.10. The molecule has 2 aliphatic heterocycles. The minimum Gasteiger partial charge on any atom is -0.338 e. The first-order chi connectivity index (χ1) is 9.11. The molecule has 1 N–H and O–H groups in total. The summed E-state index contributed by atoms with van der Waals surface area (Å²) in [5.41, 5.74) is 0.374. The van der Waals surface area contributed by atoms with Gasteiger partial charge in [0.1, 0.15) is 5.82 Å². The number of carbonyl (C=O) groups is 1. The van der Waals surface area contributed by atoms with Gasteiger partial charge in [0, 0.05) is 29.5 Å². The number of nitrogens with zero attached hydrogens (tertiary/aromatic N) is 1. The molecule has 0 aliphatic carbocycles. The van der Waals surface area contributed by atoms with Gasteiger partial charge in [-0.2, -0.15) is 0 Å². The third-order valence-corrected chi connectivity index (χ3v) is 4.90. The SMILES string of the molecule is O=C(c1c(F)cccc1Br)N1CCC2(CCNC2)C1. The second-order valence-electron chi connectivity index (χ2n) is 5.50. The molecule has 2 fully saturated rings. The van der Waals surface area contributed by atoms with Gasteiger partial charge in [-0.15, -0.1) is 0 Å². The minimum atomic E-state index is -0.454. The highest BCUT2D eigenvalue weighted by Gasteiger charge is 2.42. The van der Waals surface area contributed by atoms with Gasteiger partial charge in [0.2, 0.25) is 0 Å². The molecule has 1 aromatic rings. The van der Waals surface area contributed by atoms with Crippen LogP contribution in [0.4, 0.5) is 4.39 Å². The van der Waals surface area contributed by atoms with Crippen molar-refractivity contribution in [3.8, 4) is 0 Å². The zero-order valence-electron chi connectivity index (χ0n) is 10.6. The predicted molar refractivity (Wildman–Crippen MR) is 74.5 cm³/mol. The van der Waals surface area contributed by atoms with Crippen molar-refractivity contribution in [2.45, 2.75) is 12.8 Å². The summed E-state index contributed by atoms with van der Waals surface area (Å²) >= 11 is 3.27. The van der Waals surface area contributed by atoms with Crippen LogP contribution in [0.3, 0.4) is 0 Å². The van der Waals surface area contributed by atoms with Crippen LogP contribution in [0.15, 0.2) is 22.7 Å². The van der Waals surface area contributed by atoms with Gasteiger partial charge in [0.15, 0.2) is 0 Å². The number of amides is 1. The van der Waals surface area contributed by atoms with Crippen LogP contribution in [0.1, 0.15) is 23.2 Å². The Labute approximate surface area is 120 Å². The zero-order valence-corrected chi connectivity index (χ0v) is 12.2. The van der Waals surface area contributed by atoms with Gasteiger partial charge in [-0.3, -0.25) is 4.79 Å². The van der Waals surface area contributed by atoms with Crippen molar-refractivity contribution < 1.29 is 9.18 Å². The standard InChI is InChI=1S/C14H16BrFN2O/c15-10-2-1-3-11(16)12(10)13(19)18-7-5-14(9-18)4-6-17-8-14/h1-3,17H,4-9H2. The molecule has 1 atom stereocenters. The first-order valence-electron chi connectivity index (χ1n) is 6.55. The van der Waals surface area contributed by atoms with E-state index in [2.05, 4.69) is 21.2 Å². The molecule has 3 nitrogen and oxygen atoms in total. The van der Waals surface area contributed by atoms with Crippen LogP contribution in [0.25, 0.3) is 0 Å². The number of halogens is 2. The second kappa shape index (κ2) is 4.87. The van der Waals surface area contributed by atoms with Crippen molar-refractivity contribution in [1.82, 2.24) is 10.2 Å². The van der Waals surface area contributed by atoms with E-state index in [-0.39, 0.29) is 16.9 Å². The van der Waals surface area contributed by atoms with Crippen LogP contribution in [0, 0.1) is 11.2 Å². The summed E-state index contributed by atoms with van der Waals surface area (Å²) in [4.78, 5) is 14.3. The second-order valence-corrected chi connectivity index (χ2v) is 6.35. The van der Waals surface area contributed by atoms with Crippen molar-refractivity contribution in [2.75, 3.05) is 26.2 Å². The van der Waals surface area contributed by atoms with Gasteiger partial charge < -0.3 is 10.2 Å². The highest BCUT2D eigenvalue weighted by atomic mass is 79.9. The molecule has 1 unspecified atom stereocenters. The molecule has 1 aromatic carbocycles. The van der Waals surface area contributed by atoms with E-state index < -0.39 is 5.82 Å². The molecule has 1 spiro atoms. The highest BCUT2D eigenvalue weighted by Crippen LogP contribution is 2.37. The Bertz CT molecular complexity index is 494. The fraction of sp³-hybridized carbons (Fsp3) is 0.500. The smallest absolute Gasteiger partial charge is 0.258 e. The Morgan fingerprint density at radius 1 is 1.42 bits per heavy atom. The maximum Gasteiger partial charge on any atom is 0.258 e. The molecular weight excluding hydrogens is 311 g/mol. The van der Waals surface area contributed by atoms with Crippen LogP contribution in [0.5, 0.6) is 0 Å². The molecule has 0 bridgehead atoms. The number of benzene rings is 1. The van der Waals surface area contributed by atoms with E-state index in [1.807, 2.05) is 0 Å². The third-order valence-electron chi connectivity index (χ3n) is 4.23. The monoisotopic (exact) mass is 326 g/mol. The van der Waals surface area contributed by atoms with Crippen molar-refractivity contribution in [2.24, 2.45) is 5.41 Å². The number of hydrogen-bond acceptors (Lipinski definition) is 2. The minimum absolute atomic E-state index is 0.158. The van der Waals surface area contributed by atoms with Gasteiger partial charge in [0.25, 0.3) is 5.91 Å². The van der Waals surface area contributed by atoms with Crippen molar-refractivity contribution >= 4 is 21.8 Å². The van der Waals surface area contributed by atoms with E-state index in [4.69, 9.17) is 0 Å². The number of rotatable bonds is 1. The lowest BCUT2D eigenvalue weighted by atomic mass is 9.86. The number of nitrogens with one attached hydrogen (secondary N) is 1. The first kappa shape index (κ1) is 13.1. The normalized spacial score (nSPS) is 26.3. The van der Waals surface area contributed by atoms with Crippen LogP contribution in [-0.2, 0) is 0 Å². The molecule has 19 heavy (non-hydrogen) atoms. The summed E-state index contributed by atoms with van der Waals surface area (Å²) < 4.78 is 14.4. The van der Waals surface area contributed by atoms with Gasteiger partial charge in [-0.05, 0) is 47.4 Å². The molecule has 102 valence electrons. The van der Waals surface area contributed by atoms with E-state index in [1.165, 1.54) is 6.07 Å². The quantitative estimate of drug-likeness (QED) is 0.859. The Morgan fingerprint density at radius 2 is 2.26 bits per heavy atom. The van der Waals surface area contributed by atoms with Crippen molar-refractivity contribution in [3.63, 3.8) is 0 Å². The van der Waals surface area contributed by atoms with Crippen LogP contribution in [0.2, 0.25) is 0 Å². The van der Waals surface area contributed by atoms with Crippen LogP contribution < -0.4 is 5.32 Å². The summed E-state index contributed by atoms with van der Waals surface area (Å²) in [6.07, 6.45) is 2.12. The molecule has 0 aromatic heterocycles. The van der Waals surface area contributed by atoms with Crippen molar-refractivity contribution in [1.29, 1.82) is 0 Å². The van der Waals surface area contributed by atoms with E-state index in [0.29, 0.717) is 4.47 Å². The lowest BCUT2D eigenvalue weighted by Gasteiger charge is -2.23. The van der Waals surface area contributed by atoms with Crippen LogP contribution >= 0.6 is 15.9 Å². The van der Waals surface area contributed by atoms with Gasteiger partial charge in [-0.1, -0.05) is 6.07 Å². The van der Waals surface area contributed by atoms with E-state index in [0.717, 1.165) is 39.0 Å². The summed E-state index contributed by atoms with van der Waals surface area (Å²) in [5.74, 6) is -0.654. The Kier molecular flexibility index (Phi) is 3.35. The molecule has 3 rings (SSSR count). The molecule has 1 amide bonds. The topological polar surface area (TPSA) is 32.3 Å². The molecule has 5 heteroatoms. The fourth-order valence-electron chi connectivity index (χ4n) is 3.11. The van der Waals surface area contributed by atoms with Crippen molar-refractivity contribution in [3.05, 3.63) is 34.1 Å². The summed E-state index contributed by atoms with van der Waals surface area (Å²) in [6.45, 7) is 3.45. The number of carbonyl (C=O) groups excluding carboxylic acids is 1. The van der Waals surface area contributed by atoms with Gasteiger partial charge >= 0.3 is 0 Å². The number of likely N-dealkylation sites (tertiary alicyclic amines) is 1. The number of hydrogen-bond donors (Lipinski definition) is 1. The van der Waals surface area contributed by atoms with Crippen LogP contribution in [-0.4, -0.2) is 37.0 Å². The Balaban J connectivity index is 1.82. The average Bonchev–Trinajstić information content (AvgIpc) is 3.00.